The van der Waals surface area contributed by atoms with Crippen LogP contribution in [0.2, 0.25) is 0 Å². The van der Waals surface area contributed by atoms with Crippen LogP contribution in [0.3, 0.4) is 0 Å². The highest BCUT2D eigenvalue weighted by molar-refractivity contribution is 7.99. The Morgan fingerprint density at radius 3 is 2.52 bits per heavy atom. The fourth-order valence-electron chi connectivity index (χ4n) is 2.25. The van der Waals surface area contributed by atoms with Crippen LogP contribution in [-0.2, 0) is 12.8 Å². The van der Waals surface area contributed by atoms with Gasteiger partial charge in [0.15, 0.2) is 5.82 Å². The fraction of sp³-hybridized carbons (Fsp3) is 0.667. The molecule has 0 fully saturated rings. The highest BCUT2D eigenvalue weighted by Crippen LogP contribution is 2.22. The molecule has 6 heteroatoms. The number of hydrogen-bond donors (Lipinski definition) is 2. The second kappa shape index (κ2) is 9.20. The molecule has 0 bridgehead atoms. The molecular weight excluding hydrogens is 300 g/mol. The van der Waals surface area contributed by atoms with E-state index in [0.717, 1.165) is 53.4 Å². The van der Waals surface area contributed by atoms with Crippen LogP contribution < -0.4 is 11.1 Å². The molecule has 4 nitrogen and oxygen atoms in total. The highest BCUT2D eigenvalue weighted by atomic mass is 32.2. The van der Waals surface area contributed by atoms with Gasteiger partial charge in [-0.05, 0) is 43.3 Å². The van der Waals surface area contributed by atoms with Gasteiger partial charge in [-0.2, -0.15) is 16.9 Å². The van der Waals surface area contributed by atoms with Crippen molar-refractivity contribution in [2.24, 2.45) is 5.73 Å². The van der Waals surface area contributed by atoms with Gasteiger partial charge in [-0.3, -0.25) is 0 Å². The lowest BCUT2D eigenvalue weighted by Gasteiger charge is -2.19. The van der Waals surface area contributed by atoms with Gasteiger partial charge in [-0.25, -0.2) is 0 Å². The Kier molecular flexibility index (Phi) is 7.96. The quantitative estimate of drug-likeness (QED) is 0.537. The van der Waals surface area contributed by atoms with Crippen LogP contribution >= 0.6 is 24.0 Å². The third-order valence-corrected chi connectivity index (χ3v) is 4.51. The van der Waals surface area contributed by atoms with E-state index < -0.39 is 0 Å². The summed E-state index contributed by atoms with van der Waals surface area (Å²) in [5.41, 5.74) is 8.91. The average Bonchev–Trinajstić information content (AvgIpc) is 2.46. The lowest BCUT2D eigenvalue weighted by molar-refractivity contribution is 0.756. The van der Waals surface area contributed by atoms with Crippen LogP contribution in [-0.4, -0.2) is 32.7 Å². The number of thiocarbonyl (C=S) groups is 1. The zero-order valence-corrected chi connectivity index (χ0v) is 15.0. The van der Waals surface area contributed by atoms with Crippen molar-refractivity contribution in [1.82, 2.24) is 10.2 Å². The van der Waals surface area contributed by atoms with Gasteiger partial charge in [-0.1, -0.05) is 33.0 Å². The Bertz CT molecular complexity index is 477. The molecule has 1 heterocycles. The number of aryl methyl sites for hydroxylation is 1. The summed E-state index contributed by atoms with van der Waals surface area (Å²) in [6.45, 7) is 8.50. The van der Waals surface area contributed by atoms with Gasteiger partial charge in [0.05, 0.1) is 11.3 Å². The zero-order chi connectivity index (χ0) is 15.8. The molecule has 0 aliphatic rings. The number of thioether (sulfide) groups is 1. The van der Waals surface area contributed by atoms with E-state index in [1.165, 1.54) is 0 Å². The maximum atomic E-state index is 5.93. The van der Waals surface area contributed by atoms with Crippen LogP contribution in [0.15, 0.2) is 0 Å². The normalized spacial score (nSPS) is 12.2. The first-order valence-electron chi connectivity index (χ1n) is 7.57. The van der Waals surface area contributed by atoms with Gasteiger partial charge >= 0.3 is 0 Å². The monoisotopic (exact) mass is 326 g/mol. The standard InChI is InChI=1S/C15H26N4S2/c1-5-11-12(6-2)18-19-15(13(11)14(16)20)17-10(4)8-9-21-7-3/h10H,5-9H2,1-4H3,(H2,16,20)(H,17,19). The first kappa shape index (κ1) is 18.2. The summed E-state index contributed by atoms with van der Waals surface area (Å²) in [5.74, 6) is 3.01. The number of nitrogens with two attached hydrogens (primary N) is 1. The molecule has 1 atom stereocenters. The van der Waals surface area contributed by atoms with Crippen molar-refractivity contribution < 1.29 is 0 Å². The van der Waals surface area contributed by atoms with E-state index >= 15 is 0 Å². The molecule has 0 radical (unpaired) electrons. The first-order valence-corrected chi connectivity index (χ1v) is 9.13. The molecule has 0 spiro atoms. The molecule has 0 saturated carbocycles. The number of rotatable bonds is 9. The predicted molar refractivity (Wildman–Crippen MR) is 97.4 cm³/mol. The molecule has 1 aromatic rings. The Balaban J connectivity index is 2.98. The maximum absolute atomic E-state index is 5.93. The average molecular weight is 327 g/mol. The number of nitrogens with zero attached hydrogens (tertiary/aromatic N) is 2. The lowest BCUT2D eigenvalue weighted by Crippen LogP contribution is -2.24. The van der Waals surface area contributed by atoms with Crippen LogP contribution in [0.5, 0.6) is 0 Å². The second-order valence-corrected chi connectivity index (χ2v) is 6.78. The van der Waals surface area contributed by atoms with Crippen molar-refractivity contribution in [2.75, 3.05) is 16.8 Å². The van der Waals surface area contributed by atoms with Gasteiger partial charge in [0.2, 0.25) is 0 Å². The molecule has 0 amide bonds. The highest BCUT2D eigenvalue weighted by Gasteiger charge is 2.17. The molecule has 1 aromatic heterocycles. The third kappa shape index (κ3) is 5.11. The Labute approximate surface area is 137 Å². The van der Waals surface area contributed by atoms with Crippen molar-refractivity contribution in [1.29, 1.82) is 0 Å². The van der Waals surface area contributed by atoms with Crippen LogP contribution in [0.1, 0.15) is 50.9 Å². The van der Waals surface area contributed by atoms with Crippen molar-refractivity contribution >= 4 is 34.8 Å². The summed E-state index contributed by atoms with van der Waals surface area (Å²) in [6, 6.07) is 0.323. The topological polar surface area (TPSA) is 63.8 Å². The molecule has 0 aliphatic heterocycles. The smallest absolute Gasteiger partial charge is 0.159 e. The molecular formula is C15H26N4S2. The largest absolute Gasteiger partial charge is 0.389 e. The molecule has 1 rings (SSSR count). The van der Waals surface area contributed by atoms with Crippen LogP contribution in [0.4, 0.5) is 5.82 Å². The van der Waals surface area contributed by atoms with Gasteiger partial charge < -0.3 is 11.1 Å². The molecule has 3 N–H and O–H groups in total. The first-order chi connectivity index (χ1) is 10.0. The Morgan fingerprint density at radius 2 is 2.00 bits per heavy atom. The summed E-state index contributed by atoms with van der Waals surface area (Å²) in [7, 11) is 0. The van der Waals surface area contributed by atoms with Gasteiger partial charge in [0.1, 0.15) is 4.99 Å². The number of aromatic nitrogens is 2. The van der Waals surface area contributed by atoms with Gasteiger partial charge in [-0.15, -0.1) is 5.10 Å². The van der Waals surface area contributed by atoms with E-state index in [1.807, 2.05) is 11.8 Å². The number of anilines is 1. The number of hydrogen-bond acceptors (Lipinski definition) is 5. The predicted octanol–water partition coefficient (Wildman–Crippen LogP) is 3.18. The van der Waals surface area contributed by atoms with E-state index in [2.05, 4.69) is 43.2 Å². The maximum Gasteiger partial charge on any atom is 0.159 e. The minimum absolute atomic E-state index is 0.323. The van der Waals surface area contributed by atoms with Crippen LogP contribution in [0.25, 0.3) is 0 Å². The minimum atomic E-state index is 0.323. The molecule has 118 valence electrons. The van der Waals surface area contributed by atoms with Crippen molar-refractivity contribution in [3.05, 3.63) is 16.8 Å². The molecule has 0 aromatic carbocycles. The summed E-state index contributed by atoms with van der Waals surface area (Å²) >= 11 is 7.18. The van der Waals surface area contributed by atoms with E-state index in [4.69, 9.17) is 18.0 Å². The summed E-state index contributed by atoms with van der Waals surface area (Å²) in [6.07, 6.45) is 2.78. The van der Waals surface area contributed by atoms with Crippen molar-refractivity contribution in [2.45, 2.75) is 53.0 Å². The van der Waals surface area contributed by atoms with Gasteiger partial charge in [0, 0.05) is 6.04 Å². The fourth-order valence-corrected chi connectivity index (χ4v) is 3.28. The molecule has 0 aliphatic carbocycles. The van der Waals surface area contributed by atoms with Crippen LogP contribution in [0, 0.1) is 0 Å². The van der Waals surface area contributed by atoms with E-state index in [1.54, 1.807) is 0 Å². The zero-order valence-electron chi connectivity index (χ0n) is 13.4. The van der Waals surface area contributed by atoms with E-state index in [0.29, 0.717) is 11.0 Å². The second-order valence-electron chi connectivity index (χ2n) is 4.95. The molecule has 1 unspecified atom stereocenters. The number of nitrogens with one attached hydrogen (secondary N) is 1. The SMILES string of the molecule is CCSCCC(C)Nc1nnc(CC)c(CC)c1C(N)=S. The van der Waals surface area contributed by atoms with E-state index in [9.17, 15) is 0 Å². The van der Waals surface area contributed by atoms with Crippen molar-refractivity contribution in [3.63, 3.8) is 0 Å². The molecule has 21 heavy (non-hydrogen) atoms. The molecule has 0 saturated heterocycles. The minimum Gasteiger partial charge on any atom is -0.389 e. The van der Waals surface area contributed by atoms with E-state index in [-0.39, 0.29) is 0 Å². The summed E-state index contributed by atoms with van der Waals surface area (Å²) < 4.78 is 0. The third-order valence-electron chi connectivity index (χ3n) is 3.37. The summed E-state index contributed by atoms with van der Waals surface area (Å²) in [5, 5.41) is 12.1. The lowest BCUT2D eigenvalue weighted by atomic mass is 10.0. The van der Waals surface area contributed by atoms with Gasteiger partial charge in [0.25, 0.3) is 0 Å². The summed E-state index contributed by atoms with van der Waals surface area (Å²) in [4.78, 5) is 0.397. The van der Waals surface area contributed by atoms with Crippen molar-refractivity contribution in [3.8, 4) is 0 Å². The Morgan fingerprint density at radius 1 is 1.29 bits per heavy atom. The Hall–Kier alpha value is -0.880.